The Labute approximate surface area is 113 Å². The molecular formula is C13H23NO5. The number of nitrogens with one attached hydrogen (secondary N) is 1. The van der Waals surface area contributed by atoms with Crippen molar-refractivity contribution in [2.24, 2.45) is 11.3 Å². The lowest BCUT2D eigenvalue weighted by atomic mass is 9.87. The number of ether oxygens (including phenoxy) is 1. The first-order valence-electron chi connectivity index (χ1n) is 6.23. The van der Waals surface area contributed by atoms with Crippen molar-refractivity contribution in [3.05, 3.63) is 0 Å². The van der Waals surface area contributed by atoms with Crippen LogP contribution in [0.2, 0.25) is 0 Å². The minimum absolute atomic E-state index is 0.158. The van der Waals surface area contributed by atoms with Crippen LogP contribution in [0.15, 0.2) is 0 Å². The van der Waals surface area contributed by atoms with Crippen LogP contribution in [-0.4, -0.2) is 35.6 Å². The zero-order valence-corrected chi connectivity index (χ0v) is 12.1. The Balaban J connectivity index is 4.47. The fourth-order valence-corrected chi connectivity index (χ4v) is 1.12. The molecular weight excluding hydrogens is 250 g/mol. The second-order valence-corrected chi connectivity index (χ2v) is 5.90. The number of hydrogen-bond donors (Lipinski definition) is 2. The molecule has 19 heavy (non-hydrogen) atoms. The fraction of sp³-hybridized carbons (Fsp3) is 0.769. The molecule has 0 bridgehead atoms. The number of ketones is 1. The van der Waals surface area contributed by atoms with E-state index in [4.69, 9.17) is 9.84 Å². The Bertz CT molecular complexity index is 343. The molecule has 1 amide bonds. The Morgan fingerprint density at radius 1 is 1.21 bits per heavy atom. The predicted octanol–water partition coefficient (Wildman–Crippen LogP) is 1.83. The van der Waals surface area contributed by atoms with E-state index in [0.29, 0.717) is 0 Å². The van der Waals surface area contributed by atoms with Crippen LogP contribution in [0.4, 0.5) is 4.79 Å². The fourth-order valence-electron chi connectivity index (χ4n) is 1.12. The molecule has 0 aliphatic heterocycles. The summed E-state index contributed by atoms with van der Waals surface area (Å²) >= 11 is 0. The first kappa shape index (κ1) is 17.4. The number of rotatable bonds is 6. The Morgan fingerprint density at radius 3 is 2.11 bits per heavy atom. The average molecular weight is 273 g/mol. The third-order valence-corrected chi connectivity index (χ3v) is 2.36. The van der Waals surface area contributed by atoms with Gasteiger partial charge in [-0.2, -0.15) is 0 Å². The van der Waals surface area contributed by atoms with E-state index >= 15 is 0 Å². The molecule has 0 fully saturated rings. The number of aliphatic carboxylic acids is 1. The number of alkyl carbamates (subject to hydrolysis) is 1. The maximum atomic E-state index is 11.8. The number of carboxylic acid groups (broad SMARTS) is 1. The highest BCUT2D eigenvalue weighted by molar-refractivity contribution is 5.90. The molecule has 6 nitrogen and oxygen atoms in total. The van der Waals surface area contributed by atoms with Crippen LogP contribution in [0.5, 0.6) is 0 Å². The number of hydrogen-bond acceptors (Lipinski definition) is 4. The van der Waals surface area contributed by atoms with Gasteiger partial charge in [-0.1, -0.05) is 34.6 Å². The van der Waals surface area contributed by atoms with Gasteiger partial charge in [-0.15, -0.1) is 0 Å². The molecule has 0 saturated carbocycles. The summed E-state index contributed by atoms with van der Waals surface area (Å²) in [5.74, 6) is -1.33. The first-order valence-corrected chi connectivity index (χ1v) is 6.23. The molecule has 110 valence electrons. The van der Waals surface area contributed by atoms with Gasteiger partial charge in [0.1, 0.15) is 11.8 Å². The summed E-state index contributed by atoms with van der Waals surface area (Å²) in [6.45, 7) is 9.03. The maximum absolute atomic E-state index is 11.8. The third kappa shape index (κ3) is 7.43. The summed E-state index contributed by atoms with van der Waals surface area (Å²) in [5.41, 5.74) is -0.642. The van der Waals surface area contributed by atoms with Gasteiger partial charge in [0.25, 0.3) is 0 Å². The van der Waals surface area contributed by atoms with Crippen LogP contribution < -0.4 is 5.32 Å². The Hall–Kier alpha value is -1.59. The van der Waals surface area contributed by atoms with Crippen molar-refractivity contribution < 1.29 is 24.2 Å². The van der Waals surface area contributed by atoms with Gasteiger partial charge in [-0.05, 0) is 5.92 Å². The molecule has 0 aromatic carbocycles. The van der Waals surface area contributed by atoms with E-state index in [1.165, 1.54) is 0 Å². The highest BCUT2D eigenvalue weighted by Gasteiger charge is 2.29. The first-order chi connectivity index (χ1) is 8.54. The van der Waals surface area contributed by atoms with Gasteiger partial charge in [0.2, 0.25) is 0 Å². The molecule has 0 aromatic heterocycles. The summed E-state index contributed by atoms with van der Waals surface area (Å²) in [6.07, 6.45) is -1.07. The summed E-state index contributed by atoms with van der Waals surface area (Å²) in [7, 11) is 0. The highest BCUT2D eigenvalue weighted by atomic mass is 16.5. The van der Waals surface area contributed by atoms with Gasteiger partial charge in [0, 0.05) is 11.8 Å². The van der Waals surface area contributed by atoms with Crippen molar-refractivity contribution in [1.29, 1.82) is 0 Å². The second-order valence-electron chi connectivity index (χ2n) is 5.90. The van der Waals surface area contributed by atoms with Crippen LogP contribution in [0.25, 0.3) is 0 Å². The minimum Gasteiger partial charge on any atom is -0.480 e. The molecule has 0 radical (unpaired) electrons. The van der Waals surface area contributed by atoms with E-state index in [0.717, 1.165) is 0 Å². The molecule has 0 aromatic rings. The Kier molecular flexibility index (Phi) is 6.52. The van der Waals surface area contributed by atoms with E-state index in [2.05, 4.69) is 5.32 Å². The molecule has 1 atom stereocenters. The summed E-state index contributed by atoms with van der Waals surface area (Å²) in [5, 5.41) is 11.2. The van der Waals surface area contributed by atoms with Crippen LogP contribution in [0.1, 0.15) is 41.0 Å². The van der Waals surface area contributed by atoms with E-state index < -0.39 is 23.5 Å². The zero-order valence-electron chi connectivity index (χ0n) is 12.1. The van der Waals surface area contributed by atoms with Crippen molar-refractivity contribution in [3.8, 4) is 0 Å². The number of carbonyl (C=O) groups is 3. The molecule has 0 spiro atoms. The van der Waals surface area contributed by atoms with Gasteiger partial charge < -0.3 is 15.2 Å². The molecule has 2 N–H and O–H groups in total. The lowest BCUT2D eigenvalue weighted by Gasteiger charge is -2.20. The molecule has 0 aliphatic rings. The van der Waals surface area contributed by atoms with Gasteiger partial charge in [-0.3, -0.25) is 4.79 Å². The molecule has 1 unspecified atom stereocenters. The largest absolute Gasteiger partial charge is 0.480 e. The average Bonchev–Trinajstić information content (AvgIpc) is 2.23. The number of carboxylic acids is 1. The summed E-state index contributed by atoms with van der Waals surface area (Å²) < 4.78 is 4.83. The lowest BCUT2D eigenvalue weighted by Crippen LogP contribution is -2.44. The monoisotopic (exact) mass is 273 g/mol. The van der Waals surface area contributed by atoms with E-state index in [9.17, 15) is 14.4 Å². The van der Waals surface area contributed by atoms with Crippen molar-refractivity contribution in [3.63, 3.8) is 0 Å². The van der Waals surface area contributed by atoms with Crippen LogP contribution >= 0.6 is 0 Å². The summed E-state index contributed by atoms with van der Waals surface area (Å²) in [4.78, 5) is 34.2. The molecule has 0 rings (SSSR count). The minimum atomic E-state index is -1.26. The zero-order chi connectivity index (χ0) is 15.2. The van der Waals surface area contributed by atoms with Crippen molar-refractivity contribution in [1.82, 2.24) is 5.32 Å². The summed E-state index contributed by atoms with van der Waals surface area (Å²) in [6, 6.07) is -1.26. The van der Waals surface area contributed by atoms with Crippen molar-refractivity contribution in [2.75, 3.05) is 6.61 Å². The number of Topliss-reactive ketones (excluding diaryl/α,β-unsaturated/α-hetero) is 1. The SMILES string of the molecule is CC(C)COC(=O)NC(CC(=O)C(C)(C)C)C(=O)O. The maximum Gasteiger partial charge on any atom is 0.407 e. The number of carbonyl (C=O) groups excluding carboxylic acids is 2. The highest BCUT2D eigenvalue weighted by Crippen LogP contribution is 2.17. The standard InChI is InChI=1S/C13H23NO5/c1-8(2)7-19-12(18)14-9(11(16)17)6-10(15)13(3,4)5/h8-9H,6-7H2,1-5H3,(H,14,18)(H,16,17). The van der Waals surface area contributed by atoms with Crippen LogP contribution in [0, 0.1) is 11.3 Å². The Morgan fingerprint density at radius 2 is 1.74 bits per heavy atom. The van der Waals surface area contributed by atoms with E-state index in [1.807, 2.05) is 13.8 Å². The molecule has 0 aliphatic carbocycles. The second kappa shape index (κ2) is 7.11. The molecule has 0 heterocycles. The smallest absolute Gasteiger partial charge is 0.407 e. The van der Waals surface area contributed by atoms with E-state index in [1.54, 1.807) is 20.8 Å². The van der Waals surface area contributed by atoms with Crippen LogP contribution in [-0.2, 0) is 14.3 Å². The van der Waals surface area contributed by atoms with Crippen molar-refractivity contribution >= 4 is 17.8 Å². The third-order valence-electron chi connectivity index (χ3n) is 2.36. The van der Waals surface area contributed by atoms with Crippen LogP contribution in [0.3, 0.4) is 0 Å². The number of amides is 1. The van der Waals surface area contributed by atoms with Crippen molar-refractivity contribution in [2.45, 2.75) is 47.1 Å². The lowest BCUT2D eigenvalue weighted by molar-refractivity contribution is -0.142. The van der Waals surface area contributed by atoms with Gasteiger partial charge in [-0.25, -0.2) is 9.59 Å². The van der Waals surface area contributed by atoms with Gasteiger partial charge in [0.15, 0.2) is 0 Å². The van der Waals surface area contributed by atoms with E-state index in [-0.39, 0.29) is 24.7 Å². The quantitative estimate of drug-likeness (QED) is 0.770. The normalized spacial score (nSPS) is 12.9. The predicted molar refractivity (Wildman–Crippen MR) is 69.8 cm³/mol. The topological polar surface area (TPSA) is 92.7 Å². The van der Waals surface area contributed by atoms with Gasteiger partial charge in [0.05, 0.1) is 6.61 Å². The molecule has 0 saturated heterocycles. The molecule has 6 heteroatoms. The van der Waals surface area contributed by atoms with Gasteiger partial charge >= 0.3 is 12.1 Å².